The van der Waals surface area contributed by atoms with Gasteiger partial charge in [0.25, 0.3) is 0 Å². The highest BCUT2D eigenvalue weighted by atomic mass is 16.5. The molecule has 0 radical (unpaired) electrons. The molecular weight excluding hydrogens is 280 g/mol. The van der Waals surface area contributed by atoms with Gasteiger partial charge in [-0.05, 0) is 43.2 Å². The Morgan fingerprint density at radius 2 is 1.95 bits per heavy atom. The summed E-state index contributed by atoms with van der Waals surface area (Å²) in [6.45, 7) is 9.90. The van der Waals surface area contributed by atoms with Gasteiger partial charge in [0, 0.05) is 19.3 Å². The van der Waals surface area contributed by atoms with Crippen molar-refractivity contribution in [3.8, 4) is 0 Å². The molecule has 0 aromatic carbocycles. The summed E-state index contributed by atoms with van der Waals surface area (Å²) in [6, 6.07) is 3.58. The first-order chi connectivity index (χ1) is 10.4. The van der Waals surface area contributed by atoms with E-state index in [0.29, 0.717) is 5.92 Å². The summed E-state index contributed by atoms with van der Waals surface area (Å²) in [6.07, 6.45) is 3.64. The zero-order chi connectivity index (χ0) is 16.2. The molecule has 22 heavy (non-hydrogen) atoms. The van der Waals surface area contributed by atoms with Crippen LogP contribution in [-0.4, -0.2) is 25.3 Å². The maximum absolute atomic E-state index is 12.4. The molecule has 0 spiro atoms. The van der Waals surface area contributed by atoms with Gasteiger partial charge in [0.1, 0.15) is 5.76 Å². The minimum absolute atomic E-state index is 0.128. The van der Waals surface area contributed by atoms with Gasteiger partial charge in [0.2, 0.25) is 0 Å². The smallest absolute Gasteiger partial charge is 0.315 e. The molecule has 2 heterocycles. The molecule has 1 aromatic heterocycles. The summed E-state index contributed by atoms with van der Waals surface area (Å²) in [4.78, 5) is 12.4. The third-order valence-corrected chi connectivity index (χ3v) is 4.30. The second-order valence-corrected chi connectivity index (χ2v) is 7.17. The van der Waals surface area contributed by atoms with Crippen LogP contribution in [-0.2, 0) is 4.74 Å². The highest BCUT2D eigenvalue weighted by molar-refractivity contribution is 5.74. The van der Waals surface area contributed by atoms with Gasteiger partial charge in [0.15, 0.2) is 0 Å². The van der Waals surface area contributed by atoms with Crippen LogP contribution in [0.25, 0.3) is 0 Å². The van der Waals surface area contributed by atoms with E-state index in [2.05, 4.69) is 38.3 Å². The Kier molecular flexibility index (Phi) is 5.51. The van der Waals surface area contributed by atoms with Crippen molar-refractivity contribution in [2.24, 2.45) is 11.3 Å². The standard InChI is InChI=1S/C17H28N2O3/c1-12(13-7-10-21-11-8-13)18-16(20)19-15(17(2,3)4)14-6-5-9-22-14/h5-6,9,12-13,15H,7-8,10-11H2,1-4H3,(H2,18,19,20). The van der Waals surface area contributed by atoms with Gasteiger partial charge in [-0.1, -0.05) is 20.8 Å². The molecule has 1 fully saturated rings. The fourth-order valence-corrected chi connectivity index (χ4v) is 2.88. The Labute approximate surface area is 132 Å². The molecule has 2 rings (SSSR count). The van der Waals surface area contributed by atoms with Crippen molar-refractivity contribution in [1.82, 2.24) is 10.6 Å². The molecule has 2 unspecified atom stereocenters. The van der Waals surface area contributed by atoms with Gasteiger partial charge in [-0.15, -0.1) is 0 Å². The number of urea groups is 1. The minimum Gasteiger partial charge on any atom is -0.467 e. The van der Waals surface area contributed by atoms with Crippen molar-refractivity contribution in [1.29, 1.82) is 0 Å². The number of hydrogen-bond donors (Lipinski definition) is 2. The van der Waals surface area contributed by atoms with E-state index in [1.54, 1.807) is 6.26 Å². The van der Waals surface area contributed by atoms with Crippen molar-refractivity contribution < 1.29 is 13.9 Å². The van der Waals surface area contributed by atoms with Crippen LogP contribution in [0.3, 0.4) is 0 Å². The zero-order valence-corrected chi connectivity index (χ0v) is 14.0. The minimum atomic E-state index is -0.163. The lowest BCUT2D eigenvalue weighted by molar-refractivity contribution is 0.0569. The van der Waals surface area contributed by atoms with Crippen LogP contribution in [0.1, 0.15) is 52.3 Å². The zero-order valence-electron chi connectivity index (χ0n) is 14.0. The first-order valence-corrected chi connectivity index (χ1v) is 8.06. The van der Waals surface area contributed by atoms with Crippen LogP contribution < -0.4 is 10.6 Å². The summed E-state index contributed by atoms with van der Waals surface area (Å²) < 4.78 is 10.9. The quantitative estimate of drug-likeness (QED) is 0.895. The molecular formula is C17H28N2O3. The van der Waals surface area contributed by atoms with Crippen LogP contribution in [0.2, 0.25) is 0 Å². The fraction of sp³-hybridized carbons (Fsp3) is 0.706. The van der Waals surface area contributed by atoms with Gasteiger partial charge in [-0.2, -0.15) is 0 Å². The van der Waals surface area contributed by atoms with E-state index in [1.807, 2.05) is 12.1 Å². The third kappa shape index (κ3) is 4.50. The van der Waals surface area contributed by atoms with Crippen molar-refractivity contribution in [2.45, 2.75) is 52.6 Å². The molecule has 5 nitrogen and oxygen atoms in total. The second kappa shape index (κ2) is 7.18. The van der Waals surface area contributed by atoms with Crippen molar-refractivity contribution in [3.63, 3.8) is 0 Å². The van der Waals surface area contributed by atoms with E-state index >= 15 is 0 Å². The number of furan rings is 1. The highest BCUT2D eigenvalue weighted by Gasteiger charge is 2.31. The Bertz CT molecular complexity index is 459. The molecule has 124 valence electrons. The molecule has 0 aliphatic carbocycles. The predicted molar refractivity (Wildman–Crippen MR) is 85.6 cm³/mol. The molecule has 0 saturated carbocycles. The topological polar surface area (TPSA) is 63.5 Å². The maximum atomic E-state index is 12.4. The van der Waals surface area contributed by atoms with E-state index in [0.717, 1.165) is 31.8 Å². The number of carbonyl (C=O) groups is 1. The maximum Gasteiger partial charge on any atom is 0.315 e. The third-order valence-electron chi connectivity index (χ3n) is 4.30. The van der Waals surface area contributed by atoms with Gasteiger partial charge >= 0.3 is 6.03 Å². The normalized spacial score (nSPS) is 19.5. The molecule has 1 saturated heterocycles. The summed E-state index contributed by atoms with van der Waals surface area (Å²) in [5.74, 6) is 1.26. The largest absolute Gasteiger partial charge is 0.467 e. The average Bonchev–Trinajstić information content (AvgIpc) is 2.98. The average molecular weight is 308 g/mol. The molecule has 1 aliphatic rings. The molecule has 2 N–H and O–H groups in total. The highest BCUT2D eigenvalue weighted by Crippen LogP contribution is 2.32. The lowest BCUT2D eigenvalue weighted by Gasteiger charge is -2.32. The number of amides is 2. The first-order valence-electron chi connectivity index (χ1n) is 8.06. The predicted octanol–water partition coefficient (Wildman–Crippen LogP) is 3.48. The van der Waals surface area contributed by atoms with Gasteiger partial charge < -0.3 is 19.8 Å². The summed E-state index contributed by atoms with van der Waals surface area (Å²) >= 11 is 0. The van der Waals surface area contributed by atoms with E-state index in [1.165, 1.54) is 0 Å². The fourth-order valence-electron chi connectivity index (χ4n) is 2.88. The van der Waals surface area contributed by atoms with Crippen LogP contribution in [0.15, 0.2) is 22.8 Å². The molecule has 5 heteroatoms. The molecule has 1 aromatic rings. The van der Waals surface area contributed by atoms with Gasteiger partial charge in [-0.3, -0.25) is 0 Å². The van der Waals surface area contributed by atoms with E-state index in [9.17, 15) is 4.79 Å². The lowest BCUT2D eigenvalue weighted by atomic mass is 9.85. The second-order valence-electron chi connectivity index (χ2n) is 7.17. The number of hydrogen-bond acceptors (Lipinski definition) is 3. The van der Waals surface area contributed by atoms with E-state index < -0.39 is 0 Å². The van der Waals surface area contributed by atoms with Crippen LogP contribution in [0.4, 0.5) is 4.79 Å². The summed E-state index contributed by atoms with van der Waals surface area (Å²) in [7, 11) is 0. The number of rotatable bonds is 4. The first kappa shape index (κ1) is 16.9. The number of carbonyl (C=O) groups excluding carboxylic acids is 1. The van der Waals surface area contributed by atoms with Crippen LogP contribution >= 0.6 is 0 Å². The molecule has 1 aliphatic heterocycles. The summed E-state index contributed by atoms with van der Waals surface area (Å²) in [5, 5.41) is 6.12. The molecule has 2 amide bonds. The van der Waals surface area contributed by atoms with Crippen molar-refractivity contribution in [2.75, 3.05) is 13.2 Å². The van der Waals surface area contributed by atoms with Crippen molar-refractivity contribution >= 4 is 6.03 Å². The number of ether oxygens (including phenoxy) is 1. The Morgan fingerprint density at radius 3 is 2.50 bits per heavy atom. The SMILES string of the molecule is CC(NC(=O)NC(c1ccco1)C(C)(C)C)C1CCOCC1. The molecule has 2 atom stereocenters. The Morgan fingerprint density at radius 1 is 1.27 bits per heavy atom. The Balaban J connectivity index is 1.93. The lowest BCUT2D eigenvalue weighted by Crippen LogP contribution is -2.48. The monoisotopic (exact) mass is 308 g/mol. The van der Waals surface area contributed by atoms with Gasteiger partial charge in [0.05, 0.1) is 12.3 Å². The van der Waals surface area contributed by atoms with Crippen LogP contribution in [0.5, 0.6) is 0 Å². The Hall–Kier alpha value is -1.49. The van der Waals surface area contributed by atoms with Crippen LogP contribution in [0, 0.1) is 11.3 Å². The summed E-state index contributed by atoms with van der Waals surface area (Å²) in [5.41, 5.74) is -0.128. The van der Waals surface area contributed by atoms with Gasteiger partial charge in [-0.25, -0.2) is 4.79 Å². The number of nitrogens with one attached hydrogen (secondary N) is 2. The molecule has 0 bridgehead atoms. The van der Waals surface area contributed by atoms with E-state index in [-0.39, 0.29) is 23.5 Å². The van der Waals surface area contributed by atoms with E-state index in [4.69, 9.17) is 9.15 Å². The van der Waals surface area contributed by atoms with Crippen molar-refractivity contribution in [3.05, 3.63) is 24.2 Å².